The third-order valence-corrected chi connectivity index (χ3v) is 23.5. The lowest BCUT2D eigenvalue weighted by Gasteiger charge is -2.13. The third-order valence-electron chi connectivity index (χ3n) is 23.5. The lowest BCUT2D eigenvalue weighted by molar-refractivity contribution is 0.109. The smallest absolute Gasteiger partial charge is 0.178 e. The van der Waals surface area contributed by atoms with Crippen molar-refractivity contribution in [2.75, 3.05) is 13.2 Å². The number of fused-ring (bicyclic) bond motifs is 15. The van der Waals surface area contributed by atoms with Gasteiger partial charge < -0.3 is 9.47 Å². The van der Waals surface area contributed by atoms with E-state index in [9.17, 15) is 0 Å². The Bertz CT molecular complexity index is 6150. The number of aromatic nitrogens is 28. The summed E-state index contributed by atoms with van der Waals surface area (Å²) in [5, 5.41) is 25.4. The van der Waals surface area contributed by atoms with Crippen LogP contribution in [-0.2, 0) is 86.9 Å². The number of para-hydroxylation sites is 3. The molecule has 19 aromatic heterocycles. The molecule has 0 saturated heterocycles. The van der Waals surface area contributed by atoms with Crippen LogP contribution in [-0.4, -0.2) is 153 Å². The van der Waals surface area contributed by atoms with Crippen molar-refractivity contribution < 1.29 is 9.47 Å². The van der Waals surface area contributed by atoms with Crippen molar-refractivity contribution in [1.82, 2.24) is 140 Å². The molecule has 0 bridgehead atoms. The van der Waals surface area contributed by atoms with Crippen molar-refractivity contribution in [3.63, 3.8) is 0 Å². The highest BCUT2D eigenvalue weighted by molar-refractivity contribution is 5.83. The Labute approximate surface area is 856 Å². The van der Waals surface area contributed by atoms with E-state index in [1.165, 1.54) is 150 Å². The molecule has 24 aromatic rings. The minimum atomic E-state index is 0.677. The Balaban J connectivity index is 0.000000113. The predicted octanol–water partition coefficient (Wildman–Crippen LogP) is 21.6. The molecule has 30 rings (SSSR count). The van der Waals surface area contributed by atoms with Gasteiger partial charge in [0.1, 0.15) is 37.2 Å². The first-order valence-electron chi connectivity index (χ1n) is 49.0. The van der Waals surface area contributed by atoms with Crippen molar-refractivity contribution in [3.05, 3.63) is 484 Å². The van der Waals surface area contributed by atoms with E-state index in [4.69, 9.17) is 9.47 Å². The number of hydrogen-bond acceptors (Lipinski definition) is 30. The molecule has 0 unspecified atom stereocenters. The minimum Gasteiger partial charge on any atom is -0.376 e. The Kier molecular flexibility index (Phi) is 40.3. The lowest BCUT2D eigenvalue weighted by Crippen LogP contribution is -2.11. The zero-order valence-electron chi connectivity index (χ0n) is 81.7. The molecule has 6 aliphatic rings. The fourth-order valence-corrected chi connectivity index (χ4v) is 16.0. The van der Waals surface area contributed by atoms with Gasteiger partial charge in [0.15, 0.2) is 16.9 Å². The molecule has 0 saturated carbocycles. The highest BCUT2D eigenvalue weighted by atomic mass is 16.5. The fraction of sp³-hybridized carbons (Fsp3) is 0.169. The SMILES string of the molecule is c1ccc2cnccc2c1.c1ccc2cnncc2c1.c1ccc2nccnc2c1.c1ccc2ncncc2c1.c1ccc2nnccc2c1.c1cnc2c(c1)CCC2.c1cnc2c(c1)CCCC2.c1cnc2c(c1)COCC2.c1cnc2cnccc2c1.c1cnc2ncccc2c1.c1cnc2nccnc2c1.c1cnc2ncncc2c1.c1ncc2c(n1)CCC2.c1ncc2c(n1)CCCC2.c1ncc2c(n1)CCOC2. The molecule has 148 heavy (non-hydrogen) atoms. The average molecular weight is 1950 g/mol. The quantitative estimate of drug-likeness (QED) is 0.136. The zero-order chi connectivity index (χ0) is 101. The summed E-state index contributed by atoms with van der Waals surface area (Å²) in [6, 6.07) is 77.4. The maximum atomic E-state index is 5.26. The number of benzene rings is 5. The zero-order valence-corrected chi connectivity index (χ0v) is 81.7. The summed E-state index contributed by atoms with van der Waals surface area (Å²) in [5.74, 6) is 0. The summed E-state index contributed by atoms with van der Waals surface area (Å²) < 4.78 is 10.5. The van der Waals surface area contributed by atoms with Crippen LogP contribution in [0.15, 0.2) is 417 Å². The second-order valence-corrected chi connectivity index (χ2v) is 33.6. The summed E-state index contributed by atoms with van der Waals surface area (Å²) in [7, 11) is 0. The fourth-order valence-electron chi connectivity index (χ4n) is 16.0. The van der Waals surface area contributed by atoms with E-state index >= 15 is 0 Å². The van der Waals surface area contributed by atoms with Gasteiger partial charge in [0.25, 0.3) is 0 Å². The number of nitrogens with zero attached hydrogens (tertiary/aromatic N) is 28. The van der Waals surface area contributed by atoms with Crippen molar-refractivity contribution in [2.24, 2.45) is 0 Å². The van der Waals surface area contributed by atoms with E-state index in [1.807, 2.05) is 262 Å². The first-order chi connectivity index (χ1) is 73.5. The highest BCUT2D eigenvalue weighted by Gasteiger charge is 2.15. The molecule has 732 valence electrons. The molecule has 30 nitrogen and oxygen atoms in total. The topological polar surface area (TPSA) is 379 Å². The Morgan fingerprint density at radius 3 is 1.07 bits per heavy atom. The molecule has 0 amide bonds. The molecule has 4 aliphatic carbocycles. The second kappa shape index (κ2) is 58.2. The van der Waals surface area contributed by atoms with Gasteiger partial charge in [0, 0.05) is 209 Å². The van der Waals surface area contributed by atoms with Gasteiger partial charge in [0.05, 0.1) is 84.5 Å². The number of ether oxygens (including phenoxy) is 2. The molecule has 0 atom stereocenters. The number of hydrogen-bond donors (Lipinski definition) is 0. The normalized spacial score (nSPS) is 12.4. The highest BCUT2D eigenvalue weighted by Crippen LogP contribution is 2.23. The Hall–Kier alpha value is -18.4. The van der Waals surface area contributed by atoms with Crippen LogP contribution in [0.4, 0.5) is 0 Å². The van der Waals surface area contributed by atoms with E-state index in [-0.39, 0.29) is 0 Å². The first kappa shape index (κ1) is 102. The maximum absolute atomic E-state index is 5.26. The van der Waals surface area contributed by atoms with Gasteiger partial charge in [-0.05, 0) is 244 Å². The van der Waals surface area contributed by atoms with Crippen LogP contribution in [0, 0.1) is 0 Å². The number of pyridine rings is 10. The van der Waals surface area contributed by atoms with Gasteiger partial charge in [-0.1, -0.05) is 121 Å². The molecule has 0 fully saturated rings. The van der Waals surface area contributed by atoms with Crippen LogP contribution in [0.5, 0.6) is 0 Å². The van der Waals surface area contributed by atoms with Gasteiger partial charge in [-0.25, -0.2) is 74.8 Å². The molecular weight excluding hydrogens is 1840 g/mol. The number of rotatable bonds is 0. The van der Waals surface area contributed by atoms with Crippen LogP contribution in [0.25, 0.3) is 98.5 Å². The molecule has 30 heteroatoms. The minimum absolute atomic E-state index is 0.677. The first-order valence-corrected chi connectivity index (χ1v) is 49.0. The van der Waals surface area contributed by atoms with Crippen LogP contribution in [0.1, 0.15) is 106 Å². The molecule has 21 heterocycles. The maximum Gasteiger partial charge on any atom is 0.178 e. The van der Waals surface area contributed by atoms with Crippen molar-refractivity contribution in [3.8, 4) is 0 Å². The Morgan fingerprint density at radius 1 is 0.162 bits per heavy atom. The van der Waals surface area contributed by atoms with Gasteiger partial charge in [0.2, 0.25) is 0 Å². The molecule has 0 N–H and O–H groups in total. The second-order valence-electron chi connectivity index (χ2n) is 33.6. The monoisotopic (exact) mass is 1950 g/mol. The standard InChI is InChI=1S/C9H11N.C9H7N.2C8H6N2.C8H10N2.4C8H6N2.C8H9NO.C8H9N.2C7H5N3.C7H8N2O.C7H8N2/c1-2-6-9-8(4-1)5-3-7-10-9;1-2-4-9-7-10-6-5-8(9)3-1;1-3-7-4-2-6-10-8(7)9-5-1;1-2-7-3-5-9-6-8(7)10-4-1;2*1-2-4-8-7(3-1)5-9-6-10-8;1-2-4-8-6-10-9-5-7(8)3-1;1-2-4-8-7(3-1)9-5-6-10-8;1-2-4-8-7(3-1)5-6-9-10-8;1-2-7-6-10-5-3-8(7)9-4-1;1-3-7-4-2-6-9-8(7)5-1;1-2-6-4-8-5-10-7(6)9-3-1;1-2-6-7(9-3-1)10-5-4-8-6;1-2-10-4-6-3-8-5-9-7(1)6;1-2-6-4-8-5-9-7(6)3-1/h3,5,7H,1-2,4,6H2;1-7H;2*1-6H;5-6H,1-4H2;4*1-6H;1-2,4H,3,5-6H2;2,4,6H,1,3,5H2;2*1-5H;3,5H,1-2,4H2;4-5H,1-3H2. The van der Waals surface area contributed by atoms with Gasteiger partial charge in [-0.15, -0.1) is 0 Å². The van der Waals surface area contributed by atoms with Crippen LogP contribution < -0.4 is 0 Å². The summed E-state index contributed by atoms with van der Waals surface area (Å²) >= 11 is 0. The largest absolute Gasteiger partial charge is 0.376 e. The van der Waals surface area contributed by atoms with E-state index in [0.717, 1.165) is 139 Å². The summed E-state index contributed by atoms with van der Waals surface area (Å²) in [5.41, 5.74) is 23.4. The molecular formula is C118H108N28O2. The van der Waals surface area contributed by atoms with Crippen LogP contribution >= 0.6 is 0 Å². The summed E-state index contributed by atoms with van der Waals surface area (Å²) in [6.45, 7) is 3.04. The average Bonchev–Trinajstić information content (AvgIpc) is 1.77. The number of aryl methyl sites for hydroxylation is 8. The molecule has 5 aromatic carbocycles. The Morgan fingerprint density at radius 2 is 0.514 bits per heavy atom. The van der Waals surface area contributed by atoms with Gasteiger partial charge in [-0.3, -0.25) is 44.9 Å². The summed E-state index contributed by atoms with van der Waals surface area (Å²) in [6.07, 6.45) is 69.8. The van der Waals surface area contributed by atoms with Crippen molar-refractivity contribution in [1.29, 1.82) is 0 Å². The molecule has 2 aliphatic heterocycles. The van der Waals surface area contributed by atoms with Crippen molar-refractivity contribution in [2.45, 2.75) is 116 Å². The predicted molar refractivity (Wildman–Crippen MR) is 576 cm³/mol. The van der Waals surface area contributed by atoms with Gasteiger partial charge in [-0.2, -0.15) is 20.4 Å². The van der Waals surface area contributed by atoms with Crippen LogP contribution in [0.2, 0.25) is 0 Å². The van der Waals surface area contributed by atoms with E-state index in [1.54, 1.807) is 118 Å². The van der Waals surface area contributed by atoms with Crippen LogP contribution in [0.3, 0.4) is 0 Å². The summed E-state index contributed by atoms with van der Waals surface area (Å²) in [4.78, 5) is 97.5. The van der Waals surface area contributed by atoms with E-state index < -0.39 is 0 Å². The van der Waals surface area contributed by atoms with Gasteiger partial charge >= 0.3 is 0 Å². The van der Waals surface area contributed by atoms with E-state index in [0.29, 0.717) is 12.3 Å². The molecule has 0 radical (unpaired) electrons. The third kappa shape index (κ3) is 32.8. The van der Waals surface area contributed by atoms with E-state index in [2.05, 4.69) is 170 Å². The van der Waals surface area contributed by atoms with Crippen molar-refractivity contribution >= 4 is 98.5 Å². The lowest BCUT2D eigenvalue weighted by atomic mass is 9.96. The molecule has 0 spiro atoms.